The lowest BCUT2D eigenvalue weighted by Gasteiger charge is -2.06. The van der Waals surface area contributed by atoms with E-state index in [9.17, 15) is 9.59 Å². The highest BCUT2D eigenvalue weighted by Gasteiger charge is 2.06. The molecule has 0 aliphatic rings. The summed E-state index contributed by atoms with van der Waals surface area (Å²) in [6, 6.07) is 8.75. The molecule has 0 bridgehead atoms. The van der Waals surface area contributed by atoms with Crippen LogP contribution in [-0.2, 0) is 13.1 Å². The summed E-state index contributed by atoms with van der Waals surface area (Å²) in [6.07, 6.45) is 6.20. The molecule has 7 nitrogen and oxygen atoms in total. The third-order valence-electron chi connectivity index (χ3n) is 3.34. The number of carboxylic acids is 1. The standard InChI is InChI=1S/C16H14N4O3/c21-15-3-1-2-6-19(15)9-12-4-5-14(17-7-12)11-20-10-13(8-18-20)16(22)23/h1-8,10H,9,11H2,(H,22,23). The predicted octanol–water partition coefficient (Wildman–Crippen LogP) is 1.23. The maximum atomic E-state index is 11.7. The number of hydrogen-bond acceptors (Lipinski definition) is 4. The van der Waals surface area contributed by atoms with Gasteiger partial charge in [-0.25, -0.2) is 4.79 Å². The first-order chi connectivity index (χ1) is 11.1. The van der Waals surface area contributed by atoms with Crippen molar-refractivity contribution in [1.82, 2.24) is 19.3 Å². The van der Waals surface area contributed by atoms with Crippen LogP contribution >= 0.6 is 0 Å². The van der Waals surface area contributed by atoms with Crippen LogP contribution in [-0.4, -0.2) is 30.4 Å². The number of pyridine rings is 2. The van der Waals surface area contributed by atoms with E-state index in [4.69, 9.17) is 5.11 Å². The highest BCUT2D eigenvalue weighted by atomic mass is 16.4. The van der Waals surface area contributed by atoms with Crippen molar-refractivity contribution in [2.45, 2.75) is 13.1 Å². The highest BCUT2D eigenvalue weighted by Crippen LogP contribution is 2.05. The lowest BCUT2D eigenvalue weighted by atomic mass is 10.2. The quantitative estimate of drug-likeness (QED) is 0.765. The number of carboxylic acid groups (broad SMARTS) is 1. The van der Waals surface area contributed by atoms with Gasteiger partial charge in [0, 0.05) is 24.7 Å². The second-order valence-electron chi connectivity index (χ2n) is 5.06. The van der Waals surface area contributed by atoms with Crippen LogP contribution in [0.5, 0.6) is 0 Å². The van der Waals surface area contributed by atoms with Crippen LogP contribution in [0.3, 0.4) is 0 Å². The Morgan fingerprint density at radius 2 is 2.00 bits per heavy atom. The minimum atomic E-state index is -1.01. The maximum Gasteiger partial charge on any atom is 0.338 e. The lowest BCUT2D eigenvalue weighted by Crippen LogP contribution is -2.18. The molecule has 0 amide bonds. The molecule has 1 N–H and O–H groups in total. The van der Waals surface area contributed by atoms with Crippen molar-refractivity contribution in [2.24, 2.45) is 0 Å². The van der Waals surface area contributed by atoms with Crippen LogP contribution in [0.2, 0.25) is 0 Å². The molecule has 0 fully saturated rings. The van der Waals surface area contributed by atoms with Gasteiger partial charge in [-0.3, -0.25) is 14.5 Å². The largest absolute Gasteiger partial charge is 0.478 e. The molecule has 0 saturated carbocycles. The summed E-state index contributed by atoms with van der Waals surface area (Å²) in [5, 5.41) is 12.9. The van der Waals surface area contributed by atoms with E-state index in [-0.39, 0.29) is 11.1 Å². The van der Waals surface area contributed by atoms with Crippen molar-refractivity contribution in [3.63, 3.8) is 0 Å². The van der Waals surface area contributed by atoms with Crippen LogP contribution in [0.15, 0.2) is 59.9 Å². The Morgan fingerprint density at radius 1 is 1.13 bits per heavy atom. The average molecular weight is 310 g/mol. The normalized spacial score (nSPS) is 10.6. The summed E-state index contributed by atoms with van der Waals surface area (Å²) in [4.78, 5) is 26.8. The summed E-state index contributed by atoms with van der Waals surface area (Å²) in [6.45, 7) is 0.844. The zero-order chi connectivity index (χ0) is 16.2. The third kappa shape index (κ3) is 3.52. The topological polar surface area (TPSA) is 90.0 Å². The molecule has 0 spiro atoms. The van der Waals surface area contributed by atoms with Gasteiger partial charge in [0.1, 0.15) is 0 Å². The molecule has 3 aromatic rings. The molecule has 0 aliphatic heterocycles. The van der Waals surface area contributed by atoms with Crippen molar-refractivity contribution in [2.75, 3.05) is 0 Å². The van der Waals surface area contributed by atoms with Gasteiger partial charge in [-0.15, -0.1) is 0 Å². The monoisotopic (exact) mass is 310 g/mol. The van der Waals surface area contributed by atoms with E-state index in [0.717, 1.165) is 11.3 Å². The number of rotatable bonds is 5. The first kappa shape index (κ1) is 14.7. The van der Waals surface area contributed by atoms with Crippen LogP contribution in [0.1, 0.15) is 21.6 Å². The minimum absolute atomic E-state index is 0.0608. The molecular weight excluding hydrogens is 296 g/mol. The number of hydrogen-bond donors (Lipinski definition) is 1. The molecule has 0 unspecified atom stereocenters. The van der Waals surface area contributed by atoms with Crippen LogP contribution in [0.4, 0.5) is 0 Å². The summed E-state index contributed by atoms with van der Waals surface area (Å²) in [7, 11) is 0. The summed E-state index contributed by atoms with van der Waals surface area (Å²) in [5.74, 6) is -1.01. The van der Waals surface area contributed by atoms with E-state index in [1.54, 1.807) is 29.1 Å². The fourth-order valence-corrected chi connectivity index (χ4v) is 2.16. The number of carbonyl (C=O) groups is 1. The van der Waals surface area contributed by atoms with Gasteiger partial charge in [0.25, 0.3) is 5.56 Å². The molecule has 3 rings (SSSR count). The maximum absolute atomic E-state index is 11.7. The zero-order valence-electron chi connectivity index (χ0n) is 12.2. The number of aromatic carboxylic acids is 1. The Kier molecular flexibility index (Phi) is 4.01. The Morgan fingerprint density at radius 3 is 2.65 bits per heavy atom. The predicted molar refractivity (Wildman–Crippen MR) is 82.3 cm³/mol. The zero-order valence-corrected chi connectivity index (χ0v) is 12.2. The molecule has 0 atom stereocenters. The van der Waals surface area contributed by atoms with Gasteiger partial charge >= 0.3 is 5.97 Å². The average Bonchev–Trinajstić information content (AvgIpc) is 3.00. The molecule has 0 saturated heterocycles. The smallest absolute Gasteiger partial charge is 0.338 e. The first-order valence-electron chi connectivity index (χ1n) is 6.97. The Labute approximate surface area is 131 Å². The molecule has 3 aromatic heterocycles. The lowest BCUT2D eigenvalue weighted by molar-refractivity contribution is 0.0697. The van der Waals surface area contributed by atoms with Gasteiger partial charge < -0.3 is 9.67 Å². The van der Waals surface area contributed by atoms with Crippen molar-refractivity contribution < 1.29 is 9.90 Å². The number of aromatic nitrogens is 4. The fourth-order valence-electron chi connectivity index (χ4n) is 2.16. The van der Waals surface area contributed by atoms with Crippen molar-refractivity contribution in [3.8, 4) is 0 Å². The van der Waals surface area contributed by atoms with Gasteiger partial charge in [0.15, 0.2) is 0 Å². The molecule has 0 aliphatic carbocycles. The minimum Gasteiger partial charge on any atom is -0.478 e. The molecule has 23 heavy (non-hydrogen) atoms. The summed E-state index contributed by atoms with van der Waals surface area (Å²) < 4.78 is 3.12. The fraction of sp³-hybridized carbons (Fsp3) is 0.125. The highest BCUT2D eigenvalue weighted by molar-refractivity contribution is 5.86. The molecule has 3 heterocycles. The first-order valence-corrected chi connectivity index (χ1v) is 6.97. The molecule has 7 heteroatoms. The van der Waals surface area contributed by atoms with E-state index >= 15 is 0 Å². The van der Waals surface area contributed by atoms with Gasteiger partial charge in [0.05, 0.1) is 30.5 Å². The van der Waals surface area contributed by atoms with E-state index < -0.39 is 5.97 Å². The van der Waals surface area contributed by atoms with E-state index in [0.29, 0.717) is 13.1 Å². The Hall–Kier alpha value is -3.22. The number of nitrogens with zero attached hydrogens (tertiary/aromatic N) is 4. The second-order valence-corrected chi connectivity index (χ2v) is 5.06. The van der Waals surface area contributed by atoms with Crippen molar-refractivity contribution >= 4 is 5.97 Å². The third-order valence-corrected chi connectivity index (χ3v) is 3.34. The summed E-state index contributed by atoms with van der Waals surface area (Å²) >= 11 is 0. The molecule has 116 valence electrons. The van der Waals surface area contributed by atoms with E-state index in [1.807, 2.05) is 12.1 Å². The second kappa shape index (κ2) is 6.27. The van der Waals surface area contributed by atoms with Crippen LogP contribution in [0.25, 0.3) is 0 Å². The van der Waals surface area contributed by atoms with Gasteiger partial charge in [-0.05, 0) is 17.7 Å². The van der Waals surface area contributed by atoms with Gasteiger partial charge in [-0.1, -0.05) is 12.1 Å². The van der Waals surface area contributed by atoms with Crippen molar-refractivity contribution in [1.29, 1.82) is 0 Å². The summed E-state index contributed by atoms with van der Waals surface area (Å²) in [5.41, 5.74) is 1.75. The van der Waals surface area contributed by atoms with E-state index in [1.165, 1.54) is 23.1 Å². The molecule has 0 aromatic carbocycles. The Balaban J connectivity index is 1.70. The van der Waals surface area contributed by atoms with Crippen LogP contribution in [0, 0.1) is 0 Å². The van der Waals surface area contributed by atoms with E-state index in [2.05, 4.69) is 10.1 Å². The van der Waals surface area contributed by atoms with Gasteiger partial charge in [-0.2, -0.15) is 5.10 Å². The van der Waals surface area contributed by atoms with Crippen molar-refractivity contribution in [3.05, 3.63) is 82.3 Å². The van der Waals surface area contributed by atoms with Gasteiger partial charge in [0.2, 0.25) is 0 Å². The van der Waals surface area contributed by atoms with Crippen LogP contribution < -0.4 is 5.56 Å². The SMILES string of the molecule is O=C(O)c1cnn(Cc2ccc(Cn3ccccc3=O)cn2)c1. The Bertz CT molecular complexity index is 881. The molecular formula is C16H14N4O3. The molecule has 0 radical (unpaired) electrons.